The third-order valence-electron chi connectivity index (χ3n) is 3.26. The van der Waals surface area contributed by atoms with Crippen molar-refractivity contribution >= 4 is 29.6 Å². The van der Waals surface area contributed by atoms with Crippen molar-refractivity contribution in [2.75, 3.05) is 20.3 Å². The Bertz CT molecular complexity index is 640. The number of hydrogen-bond acceptors (Lipinski definition) is 6. The summed E-state index contributed by atoms with van der Waals surface area (Å²) in [4.78, 5) is 23.0. The summed E-state index contributed by atoms with van der Waals surface area (Å²) in [7, 11) is 1.51. The van der Waals surface area contributed by atoms with Crippen LogP contribution in [-0.4, -0.2) is 38.4 Å². The number of ether oxygens (including phenoxy) is 4. The van der Waals surface area contributed by atoms with Gasteiger partial charge in [-0.2, -0.15) is 0 Å². The lowest BCUT2D eigenvalue weighted by molar-refractivity contribution is -0.156. The molecule has 1 aliphatic heterocycles. The van der Waals surface area contributed by atoms with Crippen LogP contribution >= 0.6 is 11.6 Å². The van der Waals surface area contributed by atoms with Crippen molar-refractivity contribution in [1.82, 2.24) is 0 Å². The first-order chi connectivity index (χ1) is 11.5. The van der Waals surface area contributed by atoms with Gasteiger partial charge in [0.25, 0.3) is 0 Å². The molecule has 0 aromatic heterocycles. The molecule has 0 aliphatic carbocycles. The Kier molecular flexibility index (Phi) is 6.49. The fraction of sp³-hybridized carbons (Fsp3) is 0.412. The zero-order valence-corrected chi connectivity index (χ0v) is 14.3. The van der Waals surface area contributed by atoms with E-state index in [1.54, 1.807) is 12.1 Å². The molecular formula is C17H19ClO6. The number of esters is 2. The van der Waals surface area contributed by atoms with E-state index in [0.29, 0.717) is 35.1 Å². The topological polar surface area (TPSA) is 71.1 Å². The van der Waals surface area contributed by atoms with Crippen molar-refractivity contribution in [2.24, 2.45) is 0 Å². The van der Waals surface area contributed by atoms with E-state index in [1.165, 1.54) is 19.3 Å². The second-order valence-corrected chi connectivity index (χ2v) is 5.50. The van der Waals surface area contributed by atoms with E-state index in [4.69, 9.17) is 30.5 Å². The zero-order chi connectivity index (χ0) is 17.5. The second kappa shape index (κ2) is 8.59. The Morgan fingerprint density at radius 3 is 2.88 bits per heavy atom. The van der Waals surface area contributed by atoms with E-state index in [-0.39, 0.29) is 6.61 Å². The first kappa shape index (κ1) is 18.1. The number of halogens is 1. The highest BCUT2D eigenvalue weighted by Crippen LogP contribution is 2.36. The molecule has 1 fully saturated rings. The van der Waals surface area contributed by atoms with Gasteiger partial charge in [0.05, 0.1) is 25.3 Å². The Hall–Kier alpha value is -2.21. The van der Waals surface area contributed by atoms with Gasteiger partial charge in [0, 0.05) is 12.5 Å². The van der Waals surface area contributed by atoms with Crippen molar-refractivity contribution in [3.8, 4) is 11.5 Å². The molecule has 1 atom stereocenters. The van der Waals surface area contributed by atoms with Crippen LogP contribution in [0.1, 0.15) is 25.3 Å². The summed E-state index contributed by atoms with van der Waals surface area (Å²) >= 11 is 6.20. The van der Waals surface area contributed by atoms with Gasteiger partial charge in [0.2, 0.25) is 6.10 Å². The molecule has 2 rings (SSSR count). The van der Waals surface area contributed by atoms with Crippen LogP contribution in [0, 0.1) is 0 Å². The molecular weight excluding hydrogens is 336 g/mol. The predicted octanol–water partition coefficient (Wildman–Crippen LogP) is 3.01. The van der Waals surface area contributed by atoms with Crippen LogP contribution in [0.2, 0.25) is 5.02 Å². The molecule has 0 spiro atoms. The summed E-state index contributed by atoms with van der Waals surface area (Å²) in [5.74, 6) is -0.197. The number of rotatable bonds is 7. The van der Waals surface area contributed by atoms with Crippen molar-refractivity contribution in [2.45, 2.75) is 25.9 Å². The van der Waals surface area contributed by atoms with Crippen LogP contribution in [0.4, 0.5) is 0 Å². The van der Waals surface area contributed by atoms with Crippen LogP contribution < -0.4 is 9.47 Å². The van der Waals surface area contributed by atoms with E-state index in [0.717, 1.165) is 6.42 Å². The first-order valence-corrected chi connectivity index (χ1v) is 7.98. The summed E-state index contributed by atoms with van der Waals surface area (Å²) in [5.41, 5.74) is 0.645. The molecule has 7 heteroatoms. The van der Waals surface area contributed by atoms with Gasteiger partial charge in [-0.1, -0.05) is 18.5 Å². The first-order valence-electron chi connectivity index (χ1n) is 7.60. The lowest BCUT2D eigenvalue weighted by Crippen LogP contribution is -2.21. The molecule has 0 radical (unpaired) electrons. The van der Waals surface area contributed by atoms with Gasteiger partial charge in [-0.15, -0.1) is 0 Å². The molecule has 0 saturated carbocycles. The molecule has 1 aliphatic rings. The maximum Gasteiger partial charge on any atom is 0.347 e. The van der Waals surface area contributed by atoms with Gasteiger partial charge in [0.15, 0.2) is 11.5 Å². The number of hydrogen-bond donors (Lipinski definition) is 0. The molecule has 1 aromatic rings. The third kappa shape index (κ3) is 4.64. The van der Waals surface area contributed by atoms with Crippen LogP contribution in [0.5, 0.6) is 11.5 Å². The average molecular weight is 355 g/mol. The van der Waals surface area contributed by atoms with Gasteiger partial charge < -0.3 is 18.9 Å². The van der Waals surface area contributed by atoms with Crippen molar-refractivity contribution in [3.63, 3.8) is 0 Å². The second-order valence-electron chi connectivity index (χ2n) is 5.10. The highest BCUT2D eigenvalue weighted by Gasteiger charge is 2.29. The quantitative estimate of drug-likeness (QED) is 0.553. The molecule has 6 nitrogen and oxygen atoms in total. The van der Waals surface area contributed by atoms with Crippen molar-refractivity contribution in [1.29, 1.82) is 0 Å². The maximum absolute atomic E-state index is 11.8. The molecule has 1 heterocycles. The predicted molar refractivity (Wildman–Crippen MR) is 88.3 cm³/mol. The minimum Gasteiger partial charge on any atom is -0.493 e. The molecule has 0 amide bonds. The van der Waals surface area contributed by atoms with E-state index in [1.807, 2.05) is 6.92 Å². The highest BCUT2D eigenvalue weighted by atomic mass is 35.5. The average Bonchev–Trinajstić information content (AvgIpc) is 2.96. The normalized spacial score (nSPS) is 17.0. The van der Waals surface area contributed by atoms with Gasteiger partial charge in [-0.05, 0) is 30.2 Å². The van der Waals surface area contributed by atoms with E-state index in [2.05, 4.69) is 0 Å². The van der Waals surface area contributed by atoms with Crippen molar-refractivity contribution in [3.05, 3.63) is 28.8 Å². The van der Waals surface area contributed by atoms with E-state index < -0.39 is 18.0 Å². The lowest BCUT2D eigenvalue weighted by atomic mass is 10.2. The molecule has 0 unspecified atom stereocenters. The van der Waals surface area contributed by atoms with E-state index >= 15 is 0 Å². The van der Waals surface area contributed by atoms with Crippen LogP contribution in [0.3, 0.4) is 0 Å². The molecule has 1 saturated heterocycles. The molecule has 130 valence electrons. The molecule has 0 N–H and O–H groups in total. The van der Waals surface area contributed by atoms with Crippen LogP contribution in [0.15, 0.2) is 18.2 Å². The van der Waals surface area contributed by atoms with Gasteiger partial charge >= 0.3 is 11.9 Å². The summed E-state index contributed by atoms with van der Waals surface area (Å²) in [6.07, 6.45) is 3.15. The monoisotopic (exact) mass is 354 g/mol. The fourth-order valence-corrected chi connectivity index (χ4v) is 2.38. The Balaban J connectivity index is 2.07. The third-order valence-corrected chi connectivity index (χ3v) is 3.54. The number of carbonyl (C=O) groups excluding carboxylic acids is 2. The Morgan fingerprint density at radius 2 is 2.25 bits per heavy atom. The van der Waals surface area contributed by atoms with Gasteiger partial charge in [-0.3, -0.25) is 0 Å². The fourth-order valence-electron chi connectivity index (χ4n) is 2.11. The maximum atomic E-state index is 11.8. The van der Waals surface area contributed by atoms with Crippen molar-refractivity contribution < 1.29 is 28.5 Å². The Labute approximate surface area is 145 Å². The number of carbonyl (C=O) groups is 2. The summed E-state index contributed by atoms with van der Waals surface area (Å²) in [5, 5.41) is 0.384. The van der Waals surface area contributed by atoms with Gasteiger partial charge in [-0.25, -0.2) is 9.59 Å². The van der Waals surface area contributed by atoms with Crippen LogP contribution in [-0.2, 0) is 19.1 Å². The number of methoxy groups -OCH3 is 1. The Morgan fingerprint density at radius 1 is 1.46 bits per heavy atom. The minimum atomic E-state index is -0.829. The largest absolute Gasteiger partial charge is 0.493 e. The SMILES string of the molecule is CCCOc1c(Cl)cc(/C=C/C(=O)O[C@H]2CCOC2=O)cc1OC. The lowest BCUT2D eigenvalue weighted by Gasteiger charge is -2.12. The zero-order valence-electron chi connectivity index (χ0n) is 13.5. The smallest absolute Gasteiger partial charge is 0.347 e. The molecule has 24 heavy (non-hydrogen) atoms. The van der Waals surface area contributed by atoms with E-state index in [9.17, 15) is 9.59 Å². The van der Waals surface area contributed by atoms with Gasteiger partial charge in [0.1, 0.15) is 0 Å². The highest BCUT2D eigenvalue weighted by molar-refractivity contribution is 6.32. The number of benzene rings is 1. The standard InChI is InChI=1S/C17H19ClO6/c1-3-7-22-16-12(18)9-11(10-14(16)21-2)4-5-15(19)24-13-6-8-23-17(13)20/h4-5,9-10,13H,3,6-8H2,1-2H3/b5-4+/t13-/m0/s1. The molecule has 0 bridgehead atoms. The summed E-state index contributed by atoms with van der Waals surface area (Å²) < 4.78 is 20.6. The number of cyclic esters (lactones) is 1. The summed E-state index contributed by atoms with van der Waals surface area (Å²) in [6.45, 7) is 2.78. The molecule has 1 aromatic carbocycles. The van der Waals surface area contributed by atoms with Crippen LogP contribution in [0.25, 0.3) is 6.08 Å². The minimum absolute atomic E-state index is 0.270. The summed E-state index contributed by atoms with van der Waals surface area (Å²) in [6, 6.07) is 3.35.